The van der Waals surface area contributed by atoms with E-state index < -0.39 is 40.5 Å². The van der Waals surface area contributed by atoms with Crippen LogP contribution in [0, 0.1) is 5.82 Å². The number of ether oxygens (including phenoxy) is 1. The molecule has 1 heterocycles. The van der Waals surface area contributed by atoms with Crippen molar-refractivity contribution in [2.45, 2.75) is 75.4 Å². The van der Waals surface area contributed by atoms with E-state index in [1.54, 1.807) is 6.07 Å². The van der Waals surface area contributed by atoms with Crippen LogP contribution in [0.15, 0.2) is 30.3 Å². The number of nitrogens with two attached hydrogens (primary N) is 1. The lowest BCUT2D eigenvalue weighted by atomic mass is 9.97. The number of carbonyl (C=O) groups excluding carboxylic acids is 1. The second-order valence-corrected chi connectivity index (χ2v) is 12.0. The van der Waals surface area contributed by atoms with Crippen molar-refractivity contribution in [2.24, 2.45) is 5.73 Å². The number of aliphatic carboxylic acids is 1. The molecule has 2 saturated carbocycles. The number of halogens is 5. The smallest absolute Gasteiger partial charge is 0.417 e. The second-order valence-electron chi connectivity index (χ2n) is 10.4. The molecular formula is C28H32ClF4N2O6S-. The number of benzene rings is 2. The quantitative estimate of drug-likeness (QED) is 0.297. The lowest BCUT2D eigenvalue weighted by molar-refractivity contribution is -0.137. The van der Waals surface area contributed by atoms with Gasteiger partial charge in [-0.1, -0.05) is 22.7 Å². The molecule has 0 radical (unpaired) electrons. The van der Waals surface area contributed by atoms with Crippen LogP contribution in [0.3, 0.4) is 0 Å². The number of hydrogen-bond donors (Lipinski definition) is 2. The number of hydrogen-bond acceptors (Lipinski definition) is 6. The molecule has 3 fully saturated rings. The average molecular weight is 636 g/mol. The van der Waals surface area contributed by atoms with E-state index in [-0.39, 0.29) is 27.7 Å². The van der Waals surface area contributed by atoms with E-state index in [4.69, 9.17) is 32.0 Å². The average Bonchev–Trinajstić information content (AvgIpc) is 3.79. The Kier molecular flexibility index (Phi) is 11.8. The van der Waals surface area contributed by atoms with Gasteiger partial charge in [-0.3, -0.25) is 18.7 Å². The predicted octanol–water partition coefficient (Wildman–Crippen LogP) is 5.64. The molecule has 1 saturated heterocycles. The summed E-state index contributed by atoms with van der Waals surface area (Å²) in [6, 6.07) is 6.55. The van der Waals surface area contributed by atoms with E-state index in [0.717, 1.165) is 49.8 Å². The Hall–Kier alpha value is -2.74. The first kappa shape index (κ1) is 33.8. The first-order chi connectivity index (χ1) is 19.6. The third kappa shape index (κ3) is 10.5. The molecule has 5 rings (SSSR count). The number of rotatable bonds is 7. The molecule has 0 spiro atoms. The summed E-state index contributed by atoms with van der Waals surface area (Å²) in [5, 5.41) is 7.07. The molecular weight excluding hydrogens is 604 g/mol. The lowest BCUT2D eigenvalue weighted by Crippen LogP contribution is -2.38. The monoisotopic (exact) mass is 635 g/mol. The topological polar surface area (TPSA) is 133 Å². The summed E-state index contributed by atoms with van der Waals surface area (Å²) in [5.41, 5.74) is 6.11. The van der Waals surface area contributed by atoms with Crippen LogP contribution in [0.1, 0.15) is 78.4 Å². The van der Waals surface area contributed by atoms with Gasteiger partial charge in [0.1, 0.15) is 17.7 Å². The summed E-state index contributed by atoms with van der Waals surface area (Å²) in [7, 11) is 0. The van der Waals surface area contributed by atoms with Crippen LogP contribution < -0.4 is 10.5 Å². The molecule has 2 aromatic rings. The Labute approximate surface area is 248 Å². The zero-order valence-corrected chi connectivity index (χ0v) is 24.4. The van der Waals surface area contributed by atoms with Gasteiger partial charge in [-0.25, -0.2) is 4.39 Å². The summed E-state index contributed by atoms with van der Waals surface area (Å²) < 4.78 is 78.8. The standard InChI is InChI=1S/C23H23ClF4N2O2.C3H6O2S.C2H4O2/c24-20-4-3-16(10-19(20)23(26,27)28)32-15-5-7-30(8-6-15)12-14-9-21(25)18(22(29)31)11-17(14)13-1-2-13;4-6(5)3-1-2-3;1-2(3)4/h3-4,9-11,13,15H,1-2,5-8,12H2,(H2,29,31);3H,1-2H2,(H,4,5);1H3,(H,3,4)/p-1. The zero-order valence-electron chi connectivity index (χ0n) is 22.8. The Balaban J connectivity index is 0.000000412. The number of carboxylic acids is 1. The van der Waals surface area contributed by atoms with Gasteiger partial charge in [0.15, 0.2) is 0 Å². The van der Waals surface area contributed by atoms with Crippen molar-refractivity contribution < 1.29 is 45.8 Å². The summed E-state index contributed by atoms with van der Waals surface area (Å²) in [5.74, 6) is -1.75. The van der Waals surface area contributed by atoms with Crippen LogP contribution in [-0.2, 0) is 28.6 Å². The molecule has 14 heteroatoms. The van der Waals surface area contributed by atoms with Crippen molar-refractivity contribution in [1.29, 1.82) is 0 Å². The van der Waals surface area contributed by atoms with Crippen LogP contribution in [0.4, 0.5) is 17.6 Å². The van der Waals surface area contributed by atoms with Crippen molar-refractivity contribution >= 4 is 34.6 Å². The Morgan fingerprint density at radius 1 is 1.12 bits per heavy atom. The summed E-state index contributed by atoms with van der Waals surface area (Å²) >= 11 is 3.91. The van der Waals surface area contributed by atoms with Gasteiger partial charge in [-0.2, -0.15) is 13.2 Å². The van der Waals surface area contributed by atoms with Crippen LogP contribution in [0.2, 0.25) is 5.02 Å². The number of amides is 1. The van der Waals surface area contributed by atoms with Crippen molar-refractivity contribution in [3.8, 4) is 5.75 Å². The molecule has 1 unspecified atom stereocenters. The molecule has 0 aromatic heterocycles. The number of carbonyl (C=O) groups is 2. The summed E-state index contributed by atoms with van der Waals surface area (Å²) in [6.07, 6.45) is 0.284. The van der Waals surface area contributed by atoms with E-state index in [9.17, 15) is 31.1 Å². The molecule has 42 heavy (non-hydrogen) atoms. The molecule has 3 N–H and O–H groups in total. The van der Waals surface area contributed by atoms with E-state index in [1.807, 2.05) is 0 Å². The highest BCUT2D eigenvalue weighted by atomic mass is 35.5. The van der Waals surface area contributed by atoms with Gasteiger partial charge in [0.25, 0.3) is 11.9 Å². The number of piperidine rings is 1. The molecule has 0 bridgehead atoms. The van der Waals surface area contributed by atoms with Gasteiger partial charge in [-0.15, -0.1) is 0 Å². The molecule has 1 aliphatic heterocycles. The first-order valence-corrected chi connectivity index (χ1v) is 14.8. The molecule has 8 nitrogen and oxygen atoms in total. The normalized spacial score (nSPS) is 18.2. The van der Waals surface area contributed by atoms with E-state index >= 15 is 0 Å². The van der Waals surface area contributed by atoms with E-state index in [0.29, 0.717) is 38.4 Å². The fourth-order valence-corrected chi connectivity index (χ4v) is 5.15. The Morgan fingerprint density at radius 3 is 2.17 bits per heavy atom. The molecule has 232 valence electrons. The van der Waals surface area contributed by atoms with Crippen LogP contribution in [0.5, 0.6) is 5.75 Å². The van der Waals surface area contributed by atoms with Crippen molar-refractivity contribution in [3.05, 3.63) is 63.4 Å². The number of nitrogens with zero attached hydrogens (tertiary/aromatic N) is 1. The molecule has 2 aliphatic carbocycles. The van der Waals surface area contributed by atoms with E-state index in [1.165, 1.54) is 18.2 Å². The van der Waals surface area contributed by atoms with Gasteiger partial charge in [0, 0.05) is 31.8 Å². The van der Waals surface area contributed by atoms with Crippen LogP contribution >= 0.6 is 11.6 Å². The highest BCUT2D eigenvalue weighted by Crippen LogP contribution is 2.43. The Morgan fingerprint density at radius 2 is 1.71 bits per heavy atom. The minimum atomic E-state index is -4.54. The minimum Gasteiger partial charge on any atom is -0.772 e. The largest absolute Gasteiger partial charge is 0.772 e. The highest BCUT2D eigenvalue weighted by Gasteiger charge is 2.34. The fourth-order valence-electron chi connectivity index (χ4n) is 4.41. The number of alkyl halides is 3. The minimum absolute atomic E-state index is 0.0185. The maximum absolute atomic E-state index is 14.3. The molecule has 1 atom stereocenters. The second kappa shape index (κ2) is 14.6. The van der Waals surface area contributed by atoms with Crippen molar-refractivity contribution in [3.63, 3.8) is 0 Å². The number of carboxylic acid groups (broad SMARTS) is 1. The first-order valence-electron chi connectivity index (χ1n) is 13.3. The molecule has 3 aliphatic rings. The maximum atomic E-state index is 14.3. The van der Waals surface area contributed by atoms with Crippen molar-refractivity contribution in [2.75, 3.05) is 13.1 Å². The lowest BCUT2D eigenvalue weighted by Gasteiger charge is -2.32. The SMILES string of the molecule is CC(=O)O.NC(=O)c1cc(C2CC2)c(CN2CCC(Oc3ccc(Cl)c(C(F)(F)F)c3)CC2)cc1F.O=S([O-])C1CC1. The predicted molar refractivity (Wildman–Crippen MR) is 148 cm³/mol. The van der Waals surface area contributed by atoms with Gasteiger partial charge >= 0.3 is 6.18 Å². The van der Waals surface area contributed by atoms with Crippen molar-refractivity contribution in [1.82, 2.24) is 4.90 Å². The van der Waals surface area contributed by atoms with Gasteiger partial charge in [-0.05, 0) is 85.9 Å². The molecule has 2 aromatic carbocycles. The number of primary amides is 1. The third-order valence-corrected chi connectivity index (χ3v) is 8.13. The van der Waals surface area contributed by atoms with Crippen LogP contribution in [-0.4, -0.2) is 55.1 Å². The summed E-state index contributed by atoms with van der Waals surface area (Å²) in [4.78, 5) is 22.6. The fraction of sp³-hybridized carbons (Fsp3) is 0.500. The Bertz CT molecular complexity index is 1290. The molecule has 1 amide bonds. The van der Waals surface area contributed by atoms with Gasteiger partial charge < -0.3 is 20.1 Å². The zero-order chi connectivity index (χ0) is 31.2. The van der Waals surface area contributed by atoms with Gasteiger partial charge in [0.2, 0.25) is 0 Å². The maximum Gasteiger partial charge on any atom is 0.417 e. The third-order valence-electron chi connectivity index (χ3n) is 6.78. The van der Waals surface area contributed by atoms with Gasteiger partial charge in [0.05, 0.1) is 16.1 Å². The summed E-state index contributed by atoms with van der Waals surface area (Å²) in [6.45, 7) is 2.94. The number of likely N-dealkylation sites (tertiary alicyclic amines) is 1. The van der Waals surface area contributed by atoms with Crippen LogP contribution in [0.25, 0.3) is 0 Å². The van der Waals surface area contributed by atoms with E-state index in [2.05, 4.69) is 4.90 Å². The highest BCUT2D eigenvalue weighted by molar-refractivity contribution is 7.80.